The van der Waals surface area contributed by atoms with Crippen LogP contribution in [0.5, 0.6) is 0 Å². The molecular weight excluding hydrogens is 324 g/mol. The quantitative estimate of drug-likeness (QED) is 0.843. The summed E-state index contributed by atoms with van der Waals surface area (Å²) in [6.45, 7) is 6.92. The summed E-state index contributed by atoms with van der Waals surface area (Å²) in [5.74, 6) is 0.621. The van der Waals surface area contributed by atoms with Gasteiger partial charge < -0.3 is 19.9 Å². The third-order valence-corrected chi connectivity index (χ3v) is 4.02. The number of rotatable bonds is 2. The Morgan fingerprint density at radius 2 is 2.20 bits per heavy atom. The van der Waals surface area contributed by atoms with E-state index in [2.05, 4.69) is 20.4 Å². The molecule has 9 nitrogen and oxygen atoms in total. The van der Waals surface area contributed by atoms with Crippen LogP contribution in [-0.4, -0.2) is 50.6 Å². The average molecular weight is 348 g/mol. The van der Waals surface area contributed by atoms with Crippen molar-refractivity contribution in [2.75, 3.05) is 18.0 Å². The van der Waals surface area contributed by atoms with Crippen molar-refractivity contribution in [3.05, 3.63) is 16.6 Å². The number of piperidine rings is 1. The second-order valence-corrected chi connectivity index (χ2v) is 7.33. The molecule has 0 aliphatic carbocycles. The van der Waals surface area contributed by atoms with Gasteiger partial charge in [0.1, 0.15) is 5.60 Å². The molecule has 0 aromatic carbocycles. The second-order valence-electron chi connectivity index (χ2n) is 7.33. The van der Waals surface area contributed by atoms with Gasteiger partial charge in [-0.3, -0.25) is 4.79 Å². The maximum Gasteiger partial charge on any atom is 0.407 e. The van der Waals surface area contributed by atoms with Gasteiger partial charge in [0.05, 0.1) is 11.7 Å². The number of aryl methyl sites for hydroxylation is 1. The van der Waals surface area contributed by atoms with Crippen LogP contribution in [0.1, 0.15) is 33.6 Å². The fourth-order valence-electron chi connectivity index (χ4n) is 2.89. The lowest BCUT2D eigenvalue weighted by Crippen LogP contribution is -2.49. The minimum Gasteiger partial charge on any atom is -0.444 e. The monoisotopic (exact) mass is 348 g/mol. The van der Waals surface area contributed by atoms with Crippen molar-refractivity contribution in [3.8, 4) is 0 Å². The molecule has 2 aromatic rings. The molecule has 3 rings (SSSR count). The van der Waals surface area contributed by atoms with Gasteiger partial charge in [0.15, 0.2) is 5.52 Å². The lowest BCUT2D eigenvalue weighted by atomic mass is 10.1. The van der Waals surface area contributed by atoms with Crippen LogP contribution in [0.15, 0.2) is 11.0 Å². The molecule has 9 heteroatoms. The van der Waals surface area contributed by atoms with E-state index in [4.69, 9.17) is 4.74 Å². The highest BCUT2D eigenvalue weighted by Crippen LogP contribution is 2.19. The molecule has 1 fully saturated rings. The number of alkyl carbamates (subject to hydrolysis) is 1. The first-order chi connectivity index (χ1) is 11.7. The van der Waals surface area contributed by atoms with Gasteiger partial charge >= 0.3 is 6.09 Å². The van der Waals surface area contributed by atoms with Gasteiger partial charge in [0.25, 0.3) is 5.56 Å². The molecule has 1 amide bonds. The molecule has 2 N–H and O–H groups in total. The fourth-order valence-corrected chi connectivity index (χ4v) is 2.89. The summed E-state index contributed by atoms with van der Waals surface area (Å²) in [4.78, 5) is 33.7. The van der Waals surface area contributed by atoms with Gasteiger partial charge in [-0.15, -0.1) is 0 Å². The molecule has 25 heavy (non-hydrogen) atoms. The second kappa shape index (κ2) is 6.38. The van der Waals surface area contributed by atoms with Gasteiger partial charge in [-0.05, 0) is 33.6 Å². The van der Waals surface area contributed by atoms with E-state index in [0.717, 1.165) is 19.4 Å². The van der Waals surface area contributed by atoms with Crippen molar-refractivity contribution in [1.29, 1.82) is 0 Å². The molecular formula is C16H24N6O3. The van der Waals surface area contributed by atoms with Crippen molar-refractivity contribution < 1.29 is 9.53 Å². The van der Waals surface area contributed by atoms with Gasteiger partial charge in [-0.25, -0.2) is 14.5 Å². The number of carbonyl (C=O) groups is 1. The third-order valence-electron chi connectivity index (χ3n) is 4.02. The minimum atomic E-state index is -0.524. The Morgan fingerprint density at radius 1 is 1.44 bits per heavy atom. The summed E-state index contributed by atoms with van der Waals surface area (Å²) >= 11 is 0. The molecule has 0 spiro atoms. The highest BCUT2D eigenvalue weighted by molar-refractivity contribution is 5.75. The standard InChI is InChI=1S/C16H24N6O3/c1-16(2,3)25-15(24)18-10-6-5-7-22(9-10)14-19-11-8-17-21(4)13(23)12(11)20-14/h8,10H,5-7,9H2,1-4H3,(H,18,24)(H,19,20). The fraction of sp³-hybridized carbons (Fsp3) is 0.625. The van der Waals surface area contributed by atoms with Crippen molar-refractivity contribution >= 4 is 23.1 Å². The number of hydrogen-bond acceptors (Lipinski definition) is 6. The van der Waals surface area contributed by atoms with E-state index in [0.29, 0.717) is 23.5 Å². The Hall–Kier alpha value is -2.58. The Kier molecular flexibility index (Phi) is 4.40. The molecule has 1 unspecified atom stereocenters. The van der Waals surface area contributed by atoms with E-state index in [1.165, 1.54) is 4.68 Å². The zero-order valence-electron chi connectivity index (χ0n) is 15.0. The van der Waals surface area contributed by atoms with Crippen LogP contribution < -0.4 is 15.8 Å². The van der Waals surface area contributed by atoms with E-state index in [1.807, 2.05) is 25.7 Å². The summed E-state index contributed by atoms with van der Waals surface area (Å²) < 4.78 is 6.57. The molecule has 0 bridgehead atoms. The minimum absolute atomic E-state index is 0.0298. The first-order valence-corrected chi connectivity index (χ1v) is 8.39. The van der Waals surface area contributed by atoms with Gasteiger partial charge in [0, 0.05) is 26.2 Å². The van der Waals surface area contributed by atoms with E-state index in [1.54, 1.807) is 13.2 Å². The Morgan fingerprint density at radius 3 is 2.92 bits per heavy atom. The number of anilines is 1. The third kappa shape index (κ3) is 3.92. The lowest BCUT2D eigenvalue weighted by Gasteiger charge is -2.33. The molecule has 136 valence electrons. The smallest absolute Gasteiger partial charge is 0.407 e. The Balaban J connectivity index is 1.72. The van der Waals surface area contributed by atoms with Crippen molar-refractivity contribution in [1.82, 2.24) is 25.1 Å². The van der Waals surface area contributed by atoms with E-state index >= 15 is 0 Å². The van der Waals surface area contributed by atoms with Crippen LogP contribution in [0.4, 0.5) is 10.7 Å². The van der Waals surface area contributed by atoms with Crippen LogP contribution in [0.3, 0.4) is 0 Å². The van der Waals surface area contributed by atoms with Crippen molar-refractivity contribution in [3.63, 3.8) is 0 Å². The lowest BCUT2D eigenvalue weighted by molar-refractivity contribution is 0.0500. The van der Waals surface area contributed by atoms with Crippen LogP contribution in [0.2, 0.25) is 0 Å². The highest BCUT2D eigenvalue weighted by Gasteiger charge is 2.26. The number of carbonyl (C=O) groups excluding carboxylic acids is 1. The van der Waals surface area contributed by atoms with Gasteiger partial charge in [-0.1, -0.05) is 0 Å². The van der Waals surface area contributed by atoms with Crippen LogP contribution in [0, 0.1) is 0 Å². The predicted molar refractivity (Wildman–Crippen MR) is 93.7 cm³/mol. The van der Waals surface area contributed by atoms with Crippen LogP contribution in [0.25, 0.3) is 11.0 Å². The molecule has 3 heterocycles. The number of nitrogens with one attached hydrogen (secondary N) is 2. The van der Waals surface area contributed by atoms with Gasteiger partial charge in [-0.2, -0.15) is 5.10 Å². The number of imidazole rings is 1. The number of aromatic amines is 1. The number of amides is 1. The van der Waals surface area contributed by atoms with Crippen LogP contribution >= 0.6 is 0 Å². The maximum absolute atomic E-state index is 12.1. The maximum atomic E-state index is 12.1. The highest BCUT2D eigenvalue weighted by atomic mass is 16.6. The molecule has 1 aliphatic rings. The zero-order valence-corrected chi connectivity index (χ0v) is 15.0. The topological polar surface area (TPSA) is 105 Å². The predicted octanol–water partition coefficient (Wildman–Crippen LogP) is 1.15. The van der Waals surface area contributed by atoms with E-state index in [-0.39, 0.29) is 11.6 Å². The summed E-state index contributed by atoms with van der Waals surface area (Å²) in [7, 11) is 1.60. The molecule has 1 atom stereocenters. The Labute approximate surface area is 145 Å². The molecule has 1 saturated heterocycles. The SMILES string of the molecule is Cn1ncc2[nH]c(N3CCCC(NC(=O)OC(C)(C)C)C3)nc2c1=O. The molecule has 2 aromatic heterocycles. The number of ether oxygens (including phenoxy) is 1. The van der Waals surface area contributed by atoms with Crippen LogP contribution in [-0.2, 0) is 11.8 Å². The first kappa shape index (κ1) is 17.2. The Bertz CT molecular complexity index is 834. The summed E-state index contributed by atoms with van der Waals surface area (Å²) in [5, 5.41) is 6.90. The van der Waals surface area contributed by atoms with E-state index in [9.17, 15) is 9.59 Å². The number of hydrogen-bond donors (Lipinski definition) is 2. The largest absolute Gasteiger partial charge is 0.444 e. The normalized spacial score (nSPS) is 18.4. The van der Waals surface area contributed by atoms with Crippen molar-refractivity contribution in [2.24, 2.45) is 7.05 Å². The summed E-state index contributed by atoms with van der Waals surface area (Å²) in [6.07, 6.45) is 2.96. The summed E-state index contributed by atoms with van der Waals surface area (Å²) in [5.41, 5.74) is 0.222. The van der Waals surface area contributed by atoms with E-state index < -0.39 is 11.7 Å². The number of nitrogens with zero attached hydrogens (tertiary/aromatic N) is 4. The average Bonchev–Trinajstić information content (AvgIpc) is 2.94. The number of fused-ring (bicyclic) bond motifs is 1. The molecule has 0 radical (unpaired) electrons. The zero-order chi connectivity index (χ0) is 18.2. The molecule has 1 aliphatic heterocycles. The number of aromatic nitrogens is 4. The first-order valence-electron chi connectivity index (χ1n) is 8.39. The van der Waals surface area contributed by atoms with Gasteiger partial charge in [0.2, 0.25) is 5.95 Å². The summed E-state index contributed by atoms with van der Waals surface area (Å²) in [6, 6.07) is -0.0298. The number of H-pyrrole nitrogens is 1. The molecule has 0 saturated carbocycles. The van der Waals surface area contributed by atoms with Crippen molar-refractivity contribution in [2.45, 2.75) is 45.3 Å².